The zero-order valence-electron chi connectivity index (χ0n) is 18.3. The van der Waals surface area contributed by atoms with Crippen molar-refractivity contribution in [3.05, 3.63) is 75.3 Å². The van der Waals surface area contributed by atoms with Crippen molar-refractivity contribution in [1.82, 2.24) is 0 Å². The minimum Gasteiger partial charge on any atom is -0.454 e. The summed E-state index contributed by atoms with van der Waals surface area (Å²) in [4.78, 5) is 25.1. The summed E-state index contributed by atoms with van der Waals surface area (Å²) in [7, 11) is 0. The van der Waals surface area contributed by atoms with Crippen molar-refractivity contribution < 1.29 is 19.2 Å². The van der Waals surface area contributed by atoms with Gasteiger partial charge in [0, 0.05) is 23.2 Å². The topological polar surface area (TPSA) is 90.7 Å². The molecule has 6 rings (SSSR count). The van der Waals surface area contributed by atoms with Crippen LogP contribution in [0.1, 0.15) is 43.9 Å². The molecule has 2 aliphatic heterocycles. The Bertz CT molecular complexity index is 1410. The molecule has 3 aromatic rings. The Labute approximate surface area is 190 Å². The summed E-state index contributed by atoms with van der Waals surface area (Å²) >= 11 is 0. The number of fused-ring (bicyclic) bond motifs is 4. The van der Waals surface area contributed by atoms with Crippen LogP contribution in [0.15, 0.2) is 54.1 Å². The van der Waals surface area contributed by atoms with Crippen LogP contribution in [0.25, 0.3) is 16.3 Å². The lowest BCUT2D eigenvalue weighted by molar-refractivity contribution is -0.385. The standard InChI is InChI=1S/C26H22N2O5/c1-26(2)11-18-16-7-14-5-3-4-6-15(14)8-19(16)27-25(24(18)21(29)12-26)17-9-22-23(33-13-32-22)10-20(17)28(30)31/h3-10,25,27H,11-13H2,1-2H3. The highest BCUT2D eigenvalue weighted by Gasteiger charge is 2.42. The Morgan fingerprint density at radius 2 is 1.73 bits per heavy atom. The molecule has 1 N–H and O–H groups in total. The van der Waals surface area contributed by atoms with Crippen molar-refractivity contribution in [2.45, 2.75) is 32.7 Å². The highest BCUT2D eigenvalue weighted by atomic mass is 16.7. The predicted molar refractivity (Wildman–Crippen MR) is 124 cm³/mol. The number of nitrogens with zero attached hydrogens (tertiary/aromatic N) is 1. The Morgan fingerprint density at radius 1 is 1.03 bits per heavy atom. The first kappa shape index (κ1) is 19.8. The van der Waals surface area contributed by atoms with E-state index in [2.05, 4.69) is 37.4 Å². The van der Waals surface area contributed by atoms with Crippen molar-refractivity contribution in [2.75, 3.05) is 12.1 Å². The lowest BCUT2D eigenvalue weighted by Gasteiger charge is -2.39. The van der Waals surface area contributed by atoms with Crippen LogP contribution in [0.4, 0.5) is 11.4 Å². The number of nitro groups is 1. The average Bonchev–Trinajstić information content (AvgIpc) is 3.23. The number of nitrogens with one attached hydrogen (secondary N) is 1. The summed E-state index contributed by atoms with van der Waals surface area (Å²) in [6, 6.07) is 14.6. The van der Waals surface area contributed by atoms with Crippen LogP contribution < -0.4 is 14.8 Å². The normalized spacial score (nSPS) is 20.3. The van der Waals surface area contributed by atoms with Crippen LogP contribution in [0.5, 0.6) is 11.5 Å². The largest absolute Gasteiger partial charge is 0.454 e. The van der Waals surface area contributed by atoms with Gasteiger partial charge in [-0.1, -0.05) is 38.1 Å². The van der Waals surface area contributed by atoms with E-state index in [0.717, 1.165) is 34.0 Å². The van der Waals surface area contributed by atoms with Crippen LogP contribution >= 0.6 is 0 Å². The molecule has 0 bridgehead atoms. The molecule has 7 heteroatoms. The van der Waals surface area contributed by atoms with E-state index in [1.807, 2.05) is 18.2 Å². The predicted octanol–water partition coefficient (Wildman–Crippen LogP) is 5.79. The molecule has 0 saturated heterocycles. The van der Waals surface area contributed by atoms with E-state index in [1.165, 1.54) is 6.07 Å². The summed E-state index contributed by atoms with van der Waals surface area (Å²) < 4.78 is 10.9. The van der Waals surface area contributed by atoms with E-state index in [-0.39, 0.29) is 23.7 Å². The first-order valence-corrected chi connectivity index (χ1v) is 10.9. The molecule has 1 atom stereocenters. The third-order valence-electron chi connectivity index (χ3n) is 6.75. The monoisotopic (exact) mass is 442 g/mol. The number of rotatable bonds is 2. The highest BCUT2D eigenvalue weighted by Crippen LogP contribution is 2.53. The molecule has 7 nitrogen and oxygen atoms in total. The van der Waals surface area contributed by atoms with Crippen LogP contribution in [0.2, 0.25) is 0 Å². The molecule has 0 saturated carbocycles. The molecule has 2 heterocycles. The van der Waals surface area contributed by atoms with Gasteiger partial charge in [0.2, 0.25) is 6.79 Å². The molecule has 0 amide bonds. The van der Waals surface area contributed by atoms with Gasteiger partial charge < -0.3 is 14.8 Å². The number of allylic oxidation sites excluding steroid dienone is 1. The van der Waals surface area contributed by atoms with Crippen LogP contribution in [0.3, 0.4) is 0 Å². The maximum atomic E-state index is 13.5. The van der Waals surface area contributed by atoms with Crippen LogP contribution in [0, 0.1) is 15.5 Å². The summed E-state index contributed by atoms with van der Waals surface area (Å²) in [6.45, 7) is 4.20. The second-order valence-corrected chi connectivity index (χ2v) is 9.68. The summed E-state index contributed by atoms with van der Waals surface area (Å²) in [5, 5.41) is 17.6. The highest BCUT2D eigenvalue weighted by molar-refractivity contribution is 6.10. The van der Waals surface area contributed by atoms with E-state index in [4.69, 9.17) is 9.47 Å². The second kappa shape index (κ2) is 6.81. The van der Waals surface area contributed by atoms with Crippen molar-refractivity contribution in [3.63, 3.8) is 0 Å². The minimum atomic E-state index is -0.646. The van der Waals surface area contributed by atoms with Gasteiger partial charge in [0.1, 0.15) is 0 Å². The SMILES string of the molecule is CC1(C)CC(=O)C2=C(C1)c1cc3ccccc3cc1NC2c1cc2c(cc1[N+](=O)[O-])OCO2. The number of carbonyl (C=O) groups is 1. The lowest BCUT2D eigenvalue weighted by atomic mass is 9.68. The number of ether oxygens (including phenoxy) is 2. The molecule has 3 aliphatic rings. The third-order valence-corrected chi connectivity index (χ3v) is 6.75. The van der Waals surface area contributed by atoms with E-state index >= 15 is 0 Å². The molecule has 0 radical (unpaired) electrons. The lowest BCUT2D eigenvalue weighted by Crippen LogP contribution is -2.33. The fourth-order valence-electron chi connectivity index (χ4n) is 5.32. The maximum absolute atomic E-state index is 13.5. The number of hydrogen-bond donors (Lipinski definition) is 1. The van der Waals surface area contributed by atoms with Crippen molar-refractivity contribution in [2.24, 2.45) is 5.41 Å². The first-order valence-electron chi connectivity index (χ1n) is 10.9. The van der Waals surface area contributed by atoms with Gasteiger partial charge in [-0.05, 0) is 46.4 Å². The molecular weight excluding hydrogens is 420 g/mol. The molecule has 0 aromatic heterocycles. The van der Waals surface area contributed by atoms with Crippen LogP contribution in [-0.4, -0.2) is 17.5 Å². The van der Waals surface area contributed by atoms with E-state index in [9.17, 15) is 14.9 Å². The molecule has 0 spiro atoms. The molecular formula is C26H22N2O5. The number of carbonyl (C=O) groups excluding carboxylic acids is 1. The van der Waals surface area contributed by atoms with E-state index < -0.39 is 11.0 Å². The number of benzene rings is 3. The number of hydrogen-bond acceptors (Lipinski definition) is 6. The van der Waals surface area contributed by atoms with Crippen molar-refractivity contribution in [1.29, 1.82) is 0 Å². The van der Waals surface area contributed by atoms with E-state index in [0.29, 0.717) is 29.1 Å². The van der Waals surface area contributed by atoms with Gasteiger partial charge in [-0.3, -0.25) is 14.9 Å². The third kappa shape index (κ3) is 3.07. The Kier molecular flexibility index (Phi) is 4.08. The minimum absolute atomic E-state index is 0.0178. The molecule has 1 unspecified atom stereocenters. The smallest absolute Gasteiger partial charge is 0.279 e. The fourth-order valence-corrected chi connectivity index (χ4v) is 5.32. The Morgan fingerprint density at radius 3 is 2.45 bits per heavy atom. The Balaban J connectivity index is 1.62. The second-order valence-electron chi connectivity index (χ2n) is 9.68. The molecule has 1 aliphatic carbocycles. The zero-order chi connectivity index (χ0) is 22.9. The number of Topliss-reactive ketones (excluding diaryl/α,β-unsaturated/α-hetero) is 1. The first-order chi connectivity index (χ1) is 15.8. The van der Waals surface area contributed by atoms with Gasteiger partial charge in [-0.15, -0.1) is 0 Å². The summed E-state index contributed by atoms with van der Waals surface area (Å²) in [5.74, 6) is 0.815. The van der Waals surface area contributed by atoms with E-state index in [1.54, 1.807) is 6.07 Å². The molecule has 33 heavy (non-hydrogen) atoms. The van der Waals surface area contributed by atoms with Gasteiger partial charge in [0.25, 0.3) is 5.69 Å². The van der Waals surface area contributed by atoms with Crippen molar-refractivity contribution in [3.8, 4) is 11.5 Å². The number of ketones is 1. The molecule has 0 fully saturated rings. The number of anilines is 1. The van der Waals surface area contributed by atoms with Crippen molar-refractivity contribution >= 4 is 33.5 Å². The molecule has 3 aromatic carbocycles. The van der Waals surface area contributed by atoms with Gasteiger partial charge in [-0.25, -0.2) is 0 Å². The average molecular weight is 442 g/mol. The Hall–Kier alpha value is -3.87. The van der Waals surface area contributed by atoms with Gasteiger partial charge in [0.15, 0.2) is 17.3 Å². The summed E-state index contributed by atoms with van der Waals surface area (Å²) in [5.41, 5.74) is 3.56. The van der Waals surface area contributed by atoms with Gasteiger partial charge in [-0.2, -0.15) is 0 Å². The molecule has 166 valence electrons. The quantitative estimate of drug-likeness (QED) is 0.399. The maximum Gasteiger partial charge on any atom is 0.279 e. The van der Waals surface area contributed by atoms with Gasteiger partial charge in [0.05, 0.1) is 22.6 Å². The van der Waals surface area contributed by atoms with Gasteiger partial charge >= 0.3 is 0 Å². The fraction of sp³-hybridized carbons (Fsp3) is 0.269. The van der Waals surface area contributed by atoms with Crippen LogP contribution in [-0.2, 0) is 4.79 Å². The summed E-state index contributed by atoms with van der Waals surface area (Å²) in [6.07, 6.45) is 1.11. The zero-order valence-corrected chi connectivity index (χ0v) is 18.3. The number of nitro benzene ring substituents is 1.